The summed E-state index contributed by atoms with van der Waals surface area (Å²) in [5.74, 6) is 0.191. The second-order valence-electron chi connectivity index (χ2n) is 5.54. The standard InChI is InChI=1S/C15H25N5O3/c1-2-23-11-5-3-10(4-6-11)19-15-18-9-12(13(16)22)14(20-15)17-7-8-21/h9-11,21H,2-8H2,1H3,(H2,16,22)(H2,17,18,19,20)/t10-,11-. The number of anilines is 2. The number of aliphatic hydroxyl groups excluding tert-OH is 1. The van der Waals surface area contributed by atoms with Crippen LogP contribution in [0.4, 0.5) is 11.8 Å². The van der Waals surface area contributed by atoms with Crippen molar-refractivity contribution in [3.8, 4) is 0 Å². The van der Waals surface area contributed by atoms with Gasteiger partial charge >= 0.3 is 0 Å². The maximum absolute atomic E-state index is 11.4. The first-order valence-electron chi connectivity index (χ1n) is 8.03. The molecule has 1 aliphatic rings. The third kappa shape index (κ3) is 5.04. The minimum Gasteiger partial charge on any atom is -0.395 e. The molecule has 1 aliphatic carbocycles. The predicted molar refractivity (Wildman–Crippen MR) is 87.4 cm³/mol. The number of carbonyl (C=O) groups is 1. The van der Waals surface area contributed by atoms with Gasteiger partial charge in [-0.25, -0.2) is 4.98 Å². The van der Waals surface area contributed by atoms with Crippen LogP contribution in [0.1, 0.15) is 43.0 Å². The van der Waals surface area contributed by atoms with E-state index in [-0.39, 0.29) is 24.8 Å². The van der Waals surface area contributed by atoms with Gasteiger partial charge in [0.1, 0.15) is 5.82 Å². The normalized spacial score (nSPS) is 21.0. The van der Waals surface area contributed by atoms with E-state index in [2.05, 4.69) is 20.6 Å². The summed E-state index contributed by atoms with van der Waals surface area (Å²) in [6.45, 7) is 2.99. The molecule has 128 valence electrons. The van der Waals surface area contributed by atoms with Gasteiger partial charge in [-0.2, -0.15) is 4.98 Å². The van der Waals surface area contributed by atoms with Gasteiger partial charge in [-0.3, -0.25) is 4.79 Å². The van der Waals surface area contributed by atoms with Crippen LogP contribution in [-0.2, 0) is 4.74 Å². The van der Waals surface area contributed by atoms with Gasteiger partial charge in [0.15, 0.2) is 0 Å². The predicted octanol–water partition coefficient (Wildman–Crippen LogP) is 0.739. The number of hydrogen-bond donors (Lipinski definition) is 4. The number of nitrogens with one attached hydrogen (secondary N) is 2. The molecule has 0 aliphatic heterocycles. The molecular formula is C15H25N5O3. The van der Waals surface area contributed by atoms with E-state index in [9.17, 15) is 4.79 Å². The maximum atomic E-state index is 11.4. The van der Waals surface area contributed by atoms with Gasteiger partial charge in [0.05, 0.1) is 18.3 Å². The fourth-order valence-electron chi connectivity index (χ4n) is 2.73. The van der Waals surface area contributed by atoms with Crippen molar-refractivity contribution >= 4 is 17.7 Å². The molecule has 5 N–H and O–H groups in total. The molecule has 0 unspecified atom stereocenters. The Morgan fingerprint density at radius 2 is 2.17 bits per heavy atom. The number of nitrogens with zero attached hydrogens (tertiary/aromatic N) is 2. The van der Waals surface area contributed by atoms with E-state index >= 15 is 0 Å². The Morgan fingerprint density at radius 1 is 1.43 bits per heavy atom. The summed E-state index contributed by atoms with van der Waals surface area (Å²) < 4.78 is 5.64. The summed E-state index contributed by atoms with van der Waals surface area (Å²) in [5.41, 5.74) is 5.52. The van der Waals surface area contributed by atoms with E-state index in [0.29, 0.717) is 17.9 Å². The van der Waals surface area contributed by atoms with Gasteiger partial charge in [-0.1, -0.05) is 0 Å². The lowest BCUT2D eigenvalue weighted by Crippen LogP contribution is -2.30. The van der Waals surface area contributed by atoms with Gasteiger partial charge in [0.2, 0.25) is 5.95 Å². The lowest BCUT2D eigenvalue weighted by Gasteiger charge is -2.29. The van der Waals surface area contributed by atoms with E-state index in [1.165, 1.54) is 6.20 Å². The zero-order valence-electron chi connectivity index (χ0n) is 13.4. The van der Waals surface area contributed by atoms with E-state index in [1.54, 1.807) is 0 Å². The molecule has 0 spiro atoms. The van der Waals surface area contributed by atoms with Crippen molar-refractivity contribution in [3.63, 3.8) is 0 Å². The lowest BCUT2D eigenvalue weighted by molar-refractivity contribution is 0.0346. The minimum absolute atomic E-state index is 0.0631. The zero-order chi connectivity index (χ0) is 16.7. The van der Waals surface area contributed by atoms with Crippen LogP contribution in [0, 0.1) is 0 Å². The summed E-state index contributed by atoms with van der Waals surface area (Å²) >= 11 is 0. The Hall–Kier alpha value is -1.93. The Balaban J connectivity index is 1.98. The maximum Gasteiger partial charge on any atom is 0.254 e. The van der Waals surface area contributed by atoms with Crippen molar-refractivity contribution in [2.45, 2.75) is 44.8 Å². The van der Waals surface area contributed by atoms with E-state index in [1.807, 2.05) is 6.92 Å². The average Bonchev–Trinajstić information content (AvgIpc) is 2.55. The van der Waals surface area contributed by atoms with Crippen molar-refractivity contribution in [1.29, 1.82) is 0 Å². The smallest absolute Gasteiger partial charge is 0.254 e. The second-order valence-corrected chi connectivity index (χ2v) is 5.54. The number of ether oxygens (including phenoxy) is 1. The first-order chi connectivity index (χ1) is 11.1. The van der Waals surface area contributed by atoms with Crippen LogP contribution in [-0.4, -0.2) is 52.9 Å². The van der Waals surface area contributed by atoms with Gasteiger partial charge in [0, 0.05) is 25.4 Å². The number of carbonyl (C=O) groups excluding carboxylic acids is 1. The summed E-state index contributed by atoms with van der Waals surface area (Å²) in [4.78, 5) is 19.9. The number of aliphatic hydroxyl groups is 1. The van der Waals surface area contributed by atoms with Crippen LogP contribution in [0.25, 0.3) is 0 Å². The quantitative estimate of drug-likeness (QED) is 0.556. The van der Waals surface area contributed by atoms with Crippen molar-refractivity contribution < 1.29 is 14.6 Å². The number of hydrogen-bond acceptors (Lipinski definition) is 7. The Labute approximate surface area is 135 Å². The molecule has 0 atom stereocenters. The van der Waals surface area contributed by atoms with Crippen LogP contribution in [0.15, 0.2) is 6.20 Å². The SMILES string of the molecule is CCO[C@H]1CC[C@H](Nc2ncc(C(N)=O)c(NCCO)n2)CC1. The zero-order valence-corrected chi connectivity index (χ0v) is 13.4. The largest absolute Gasteiger partial charge is 0.395 e. The van der Waals surface area contributed by atoms with Crippen LogP contribution in [0.3, 0.4) is 0 Å². The molecule has 1 saturated carbocycles. The number of primary amides is 1. The fourth-order valence-corrected chi connectivity index (χ4v) is 2.73. The molecule has 0 bridgehead atoms. The summed E-state index contributed by atoms with van der Waals surface area (Å²) in [5, 5.41) is 15.1. The molecule has 0 radical (unpaired) electrons. The highest BCUT2D eigenvalue weighted by Gasteiger charge is 2.22. The molecule has 8 heteroatoms. The fraction of sp³-hybridized carbons (Fsp3) is 0.667. The molecule has 2 rings (SSSR count). The highest BCUT2D eigenvalue weighted by atomic mass is 16.5. The highest BCUT2D eigenvalue weighted by Crippen LogP contribution is 2.24. The van der Waals surface area contributed by atoms with Crippen molar-refractivity contribution in [1.82, 2.24) is 9.97 Å². The van der Waals surface area contributed by atoms with Crippen LogP contribution < -0.4 is 16.4 Å². The van der Waals surface area contributed by atoms with Crippen LogP contribution in [0.2, 0.25) is 0 Å². The number of amides is 1. The topological polar surface area (TPSA) is 122 Å². The first kappa shape index (κ1) is 17.4. The molecule has 1 aromatic heterocycles. The first-order valence-corrected chi connectivity index (χ1v) is 8.03. The molecule has 1 heterocycles. The molecule has 1 aromatic rings. The molecular weight excluding hydrogens is 298 g/mol. The highest BCUT2D eigenvalue weighted by molar-refractivity contribution is 5.97. The van der Waals surface area contributed by atoms with E-state index < -0.39 is 5.91 Å². The number of nitrogens with two attached hydrogens (primary N) is 1. The van der Waals surface area contributed by atoms with Gasteiger partial charge < -0.3 is 26.2 Å². The molecule has 23 heavy (non-hydrogen) atoms. The molecule has 1 fully saturated rings. The molecule has 8 nitrogen and oxygen atoms in total. The van der Waals surface area contributed by atoms with Crippen molar-refractivity contribution in [3.05, 3.63) is 11.8 Å². The monoisotopic (exact) mass is 323 g/mol. The van der Waals surface area contributed by atoms with Gasteiger partial charge in [-0.15, -0.1) is 0 Å². The van der Waals surface area contributed by atoms with E-state index in [4.69, 9.17) is 15.6 Å². The van der Waals surface area contributed by atoms with Crippen molar-refractivity contribution in [2.24, 2.45) is 5.73 Å². The minimum atomic E-state index is -0.603. The van der Waals surface area contributed by atoms with E-state index in [0.717, 1.165) is 32.3 Å². The van der Waals surface area contributed by atoms with Crippen LogP contribution >= 0.6 is 0 Å². The summed E-state index contributed by atoms with van der Waals surface area (Å²) in [7, 11) is 0. The Bertz CT molecular complexity index is 518. The number of aromatic nitrogens is 2. The van der Waals surface area contributed by atoms with Gasteiger partial charge in [-0.05, 0) is 32.6 Å². The molecule has 1 amide bonds. The third-order valence-electron chi connectivity index (χ3n) is 3.87. The average molecular weight is 323 g/mol. The van der Waals surface area contributed by atoms with Crippen LogP contribution in [0.5, 0.6) is 0 Å². The second kappa shape index (κ2) is 8.64. The lowest BCUT2D eigenvalue weighted by atomic mass is 9.93. The van der Waals surface area contributed by atoms with Gasteiger partial charge in [0.25, 0.3) is 5.91 Å². The summed E-state index contributed by atoms with van der Waals surface area (Å²) in [6, 6.07) is 0.289. The third-order valence-corrected chi connectivity index (χ3v) is 3.87. The number of rotatable bonds is 8. The van der Waals surface area contributed by atoms with Crippen molar-refractivity contribution in [2.75, 3.05) is 30.4 Å². The Kier molecular flexibility index (Phi) is 6.54. The summed E-state index contributed by atoms with van der Waals surface area (Å²) in [6.07, 6.45) is 5.76. The Morgan fingerprint density at radius 3 is 2.78 bits per heavy atom. The molecule has 0 aromatic carbocycles. The molecule has 0 saturated heterocycles.